The number of carbonyl (C=O) groups is 1. The Morgan fingerprint density at radius 3 is 2.32 bits per heavy atom. The van der Waals surface area contributed by atoms with Crippen LogP contribution in [0.15, 0.2) is 24.3 Å². The molecule has 7 heteroatoms. The molecule has 0 saturated carbocycles. The van der Waals surface area contributed by atoms with Crippen LogP contribution < -0.4 is 0 Å². The second kappa shape index (κ2) is 7.23. The van der Waals surface area contributed by atoms with Gasteiger partial charge in [0, 0.05) is 6.54 Å². The van der Waals surface area contributed by atoms with Crippen molar-refractivity contribution in [1.29, 1.82) is 0 Å². The van der Waals surface area contributed by atoms with E-state index in [9.17, 15) is 23.1 Å². The molecule has 1 aromatic rings. The van der Waals surface area contributed by atoms with Gasteiger partial charge in [0.05, 0.1) is 18.2 Å². The van der Waals surface area contributed by atoms with Crippen molar-refractivity contribution in [3.63, 3.8) is 0 Å². The highest BCUT2D eigenvalue weighted by Crippen LogP contribution is 2.31. The number of nitrogens with zero attached hydrogens (tertiary/aromatic N) is 1. The molecule has 0 bridgehead atoms. The van der Waals surface area contributed by atoms with E-state index in [1.165, 1.54) is 17.0 Å². The van der Waals surface area contributed by atoms with E-state index in [0.29, 0.717) is 19.4 Å². The zero-order valence-electron chi connectivity index (χ0n) is 14.6. The molecular weight excluding hydrogens is 335 g/mol. The van der Waals surface area contributed by atoms with Crippen LogP contribution in [0.2, 0.25) is 0 Å². The lowest BCUT2D eigenvalue weighted by molar-refractivity contribution is -0.137. The van der Waals surface area contributed by atoms with Gasteiger partial charge in [0.25, 0.3) is 0 Å². The molecule has 4 nitrogen and oxygen atoms in total. The number of hydrogen-bond acceptors (Lipinski definition) is 3. The largest absolute Gasteiger partial charge is 0.444 e. The van der Waals surface area contributed by atoms with Gasteiger partial charge in [0.2, 0.25) is 0 Å². The number of amides is 1. The van der Waals surface area contributed by atoms with Crippen LogP contribution in [0, 0.1) is 5.92 Å². The van der Waals surface area contributed by atoms with E-state index < -0.39 is 23.4 Å². The van der Waals surface area contributed by atoms with Crippen molar-refractivity contribution in [2.45, 2.75) is 51.4 Å². The van der Waals surface area contributed by atoms with Gasteiger partial charge in [-0.3, -0.25) is 0 Å². The molecule has 1 N–H and O–H groups in total. The molecule has 1 aromatic carbocycles. The minimum atomic E-state index is -4.35. The predicted molar refractivity (Wildman–Crippen MR) is 87.1 cm³/mol. The maximum Gasteiger partial charge on any atom is 0.416 e. The van der Waals surface area contributed by atoms with Gasteiger partial charge in [-0.05, 0) is 57.2 Å². The Morgan fingerprint density at radius 2 is 1.84 bits per heavy atom. The van der Waals surface area contributed by atoms with Gasteiger partial charge in [-0.25, -0.2) is 4.79 Å². The van der Waals surface area contributed by atoms with Crippen molar-refractivity contribution in [1.82, 2.24) is 4.90 Å². The molecule has 0 radical (unpaired) electrons. The van der Waals surface area contributed by atoms with Crippen LogP contribution in [0.5, 0.6) is 0 Å². The molecule has 0 aliphatic carbocycles. The van der Waals surface area contributed by atoms with E-state index in [-0.39, 0.29) is 18.6 Å². The number of ether oxygens (including phenoxy) is 1. The first-order valence-electron chi connectivity index (χ1n) is 8.26. The Bertz CT molecular complexity index is 593. The monoisotopic (exact) mass is 359 g/mol. The SMILES string of the molecule is CC(C)(C)OC(=O)N1C[C@@H](Cc2ccc(C(F)(F)F)cc2)C[C@H]1CO. The van der Waals surface area contributed by atoms with E-state index >= 15 is 0 Å². The molecule has 1 amide bonds. The normalized spacial score (nSPS) is 21.5. The number of likely N-dealkylation sites (tertiary alicyclic amines) is 1. The number of benzene rings is 1. The van der Waals surface area contributed by atoms with Gasteiger partial charge in [0.1, 0.15) is 5.60 Å². The Labute approximate surface area is 145 Å². The van der Waals surface area contributed by atoms with Crippen molar-refractivity contribution in [2.24, 2.45) is 5.92 Å². The first-order valence-corrected chi connectivity index (χ1v) is 8.26. The molecule has 1 fully saturated rings. The molecule has 25 heavy (non-hydrogen) atoms. The summed E-state index contributed by atoms with van der Waals surface area (Å²) in [6.45, 7) is 5.57. The number of alkyl halides is 3. The topological polar surface area (TPSA) is 49.8 Å². The number of aliphatic hydroxyl groups excluding tert-OH is 1. The maximum atomic E-state index is 12.6. The summed E-state index contributed by atoms with van der Waals surface area (Å²) in [4.78, 5) is 13.8. The van der Waals surface area contributed by atoms with Crippen LogP contribution in [0.4, 0.5) is 18.0 Å². The average Bonchev–Trinajstić information content (AvgIpc) is 2.88. The molecule has 0 spiro atoms. The van der Waals surface area contributed by atoms with Crippen molar-refractivity contribution in [3.05, 3.63) is 35.4 Å². The van der Waals surface area contributed by atoms with Crippen LogP contribution in [0.25, 0.3) is 0 Å². The van der Waals surface area contributed by atoms with Crippen molar-refractivity contribution >= 4 is 6.09 Å². The van der Waals surface area contributed by atoms with Crippen molar-refractivity contribution in [2.75, 3.05) is 13.2 Å². The zero-order valence-corrected chi connectivity index (χ0v) is 14.6. The second-order valence-corrected chi connectivity index (χ2v) is 7.47. The van der Waals surface area contributed by atoms with E-state index in [2.05, 4.69) is 0 Å². The Kier molecular flexibility index (Phi) is 5.66. The number of aliphatic hydroxyl groups is 1. The fourth-order valence-electron chi connectivity index (χ4n) is 3.04. The third-order valence-electron chi connectivity index (χ3n) is 4.15. The van der Waals surface area contributed by atoms with Gasteiger partial charge in [-0.1, -0.05) is 12.1 Å². The molecule has 1 aliphatic heterocycles. The quantitative estimate of drug-likeness (QED) is 0.891. The third-order valence-corrected chi connectivity index (χ3v) is 4.15. The number of rotatable bonds is 3. The molecule has 1 aliphatic rings. The summed E-state index contributed by atoms with van der Waals surface area (Å²) in [7, 11) is 0. The number of halogens is 3. The molecule has 140 valence electrons. The van der Waals surface area contributed by atoms with Crippen molar-refractivity contribution < 1.29 is 27.8 Å². The van der Waals surface area contributed by atoms with Crippen molar-refractivity contribution in [3.8, 4) is 0 Å². The van der Waals surface area contributed by atoms with Gasteiger partial charge in [-0.2, -0.15) is 13.2 Å². The highest BCUT2D eigenvalue weighted by Gasteiger charge is 2.37. The Balaban J connectivity index is 2.01. The number of carbonyl (C=O) groups excluding carboxylic acids is 1. The highest BCUT2D eigenvalue weighted by molar-refractivity contribution is 5.69. The third kappa shape index (κ3) is 5.36. The van der Waals surface area contributed by atoms with Crippen LogP contribution in [-0.4, -0.2) is 40.9 Å². The summed E-state index contributed by atoms with van der Waals surface area (Å²) in [5.74, 6) is 0.0707. The highest BCUT2D eigenvalue weighted by atomic mass is 19.4. The standard InChI is InChI=1S/C18H24F3NO3/c1-17(2,3)25-16(24)22-10-13(9-15(22)11-23)8-12-4-6-14(7-5-12)18(19,20)21/h4-7,13,15,23H,8-11H2,1-3H3/t13-,15-/m0/s1. The molecule has 0 unspecified atom stereocenters. The fourth-order valence-corrected chi connectivity index (χ4v) is 3.04. The van der Waals surface area contributed by atoms with Crippen LogP contribution in [0.3, 0.4) is 0 Å². The lowest BCUT2D eigenvalue weighted by atomic mass is 9.96. The van der Waals surface area contributed by atoms with E-state index in [1.807, 2.05) is 0 Å². The van der Waals surface area contributed by atoms with Gasteiger partial charge in [0.15, 0.2) is 0 Å². The summed E-state index contributed by atoms with van der Waals surface area (Å²) in [6, 6.07) is 4.74. The van der Waals surface area contributed by atoms with Crippen LogP contribution in [-0.2, 0) is 17.3 Å². The van der Waals surface area contributed by atoms with E-state index in [1.54, 1.807) is 20.8 Å². The average molecular weight is 359 g/mol. The molecule has 0 aromatic heterocycles. The van der Waals surface area contributed by atoms with Crippen LogP contribution >= 0.6 is 0 Å². The summed E-state index contributed by atoms with van der Waals surface area (Å²) in [6.07, 6.45) is -3.67. The molecule has 1 saturated heterocycles. The minimum absolute atomic E-state index is 0.0707. The lowest BCUT2D eigenvalue weighted by Gasteiger charge is -2.27. The van der Waals surface area contributed by atoms with Gasteiger partial charge < -0.3 is 14.7 Å². The second-order valence-electron chi connectivity index (χ2n) is 7.47. The first-order chi connectivity index (χ1) is 11.5. The van der Waals surface area contributed by atoms with Crippen LogP contribution in [0.1, 0.15) is 38.3 Å². The fraction of sp³-hybridized carbons (Fsp3) is 0.611. The van der Waals surface area contributed by atoms with E-state index in [4.69, 9.17) is 4.74 Å². The minimum Gasteiger partial charge on any atom is -0.444 e. The smallest absolute Gasteiger partial charge is 0.416 e. The Hall–Kier alpha value is -1.76. The zero-order chi connectivity index (χ0) is 18.8. The molecule has 1 heterocycles. The molecular formula is C18H24F3NO3. The summed E-state index contributed by atoms with van der Waals surface area (Å²) < 4.78 is 43.2. The van der Waals surface area contributed by atoms with Gasteiger partial charge >= 0.3 is 12.3 Å². The maximum absolute atomic E-state index is 12.6. The summed E-state index contributed by atoms with van der Waals surface area (Å²) in [5.41, 5.74) is -0.519. The Morgan fingerprint density at radius 1 is 1.24 bits per heavy atom. The van der Waals surface area contributed by atoms with Gasteiger partial charge in [-0.15, -0.1) is 0 Å². The van der Waals surface area contributed by atoms with E-state index in [0.717, 1.165) is 17.7 Å². The lowest BCUT2D eigenvalue weighted by Crippen LogP contribution is -2.41. The first kappa shape index (κ1) is 19.6. The number of hydrogen-bond donors (Lipinski definition) is 1. The summed E-state index contributed by atoms with van der Waals surface area (Å²) >= 11 is 0. The summed E-state index contributed by atoms with van der Waals surface area (Å²) in [5, 5.41) is 9.52. The predicted octanol–water partition coefficient (Wildman–Crippen LogP) is 3.87. The molecule has 2 rings (SSSR count). The molecule has 2 atom stereocenters.